The van der Waals surface area contributed by atoms with Crippen LogP contribution in [0.2, 0.25) is 0 Å². The fourth-order valence-corrected chi connectivity index (χ4v) is 3.96. The van der Waals surface area contributed by atoms with E-state index in [0.717, 1.165) is 10.0 Å². The molecule has 1 aromatic heterocycles. The van der Waals surface area contributed by atoms with Crippen LogP contribution in [0.25, 0.3) is 0 Å². The first-order chi connectivity index (χ1) is 14.5. The van der Waals surface area contributed by atoms with E-state index in [4.69, 9.17) is 9.47 Å². The Morgan fingerprint density at radius 1 is 1.17 bits per heavy atom. The van der Waals surface area contributed by atoms with Crippen LogP contribution in [0.4, 0.5) is 11.6 Å². The first-order valence-electron chi connectivity index (χ1n) is 9.07. The number of nitrogens with one attached hydrogen (secondary N) is 2. The number of anilines is 2. The molecule has 10 heteroatoms. The van der Waals surface area contributed by atoms with Crippen LogP contribution in [-0.2, 0) is 4.79 Å². The minimum Gasteiger partial charge on any atom is -0.496 e. The highest BCUT2D eigenvalue weighted by Gasteiger charge is 2.34. The first-order valence-corrected chi connectivity index (χ1v) is 9.86. The first kappa shape index (κ1) is 19.9. The molecule has 2 heterocycles. The molecule has 30 heavy (non-hydrogen) atoms. The van der Waals surface area contributed by atoms with E-state index in [-0.39, 0.29) is 5.91 Å². The van der Waals surface area contributed by atoms with E-state index in [1.54, 1.807) is 31.0 Å². The maximum Gasteiger partial charge on any atom is 0.255 e. The van der Waals surface area contributed by atoms with Crippen LogP contribution in [0, 0.1) is 0 Å². The lowest BCUT2D eigenvalue weighted by molar-refractivity contribution is -0.113. The van der Waals surface area contributed by atoms with Crippen LogP contribution in [0.3, 0.4) is 0 Å². The third kappa shape index (κ3) is 3.50. The van der Waals surface area contributed by atoms with Gasteiger partial charge in [-0.1, -0.05) is 23.3 Å². The van der Waals surface area contributed by atoms with Gasteiger partial charge < -0.3 is 20.1 Å². The molecule has 1 aliphatic heterocycles. The highest BCUT2D eigenvalue weighted by molar-refractivity contribution is 9.10. The number of amides is 1. The molecule has 0 fully saturated rings. The van der Waals surface area contributed by atoms with Crippen molar-refractivity contribution in [1.29, 1.82) is 0 Å². The smallest absolute Gasteiger partial charge is 0.255 e. The molecule has 1 aliphatic rings. The largest absolute Gasteiger partial charge is 0.496 e. The van der Waals surface area contributed by atoms with Gasteiger partial charge in [-0.25, -0.2) is 0 Å². The average Bonchev–Trinajstić information content (AvgIpc) is 3.21. The Hall–Kier alpha value is -3.40. The van der Waals surface area contributed by atoms with Crippen molar-refractivity contribution in [2.24, 2.45) is 0 Å². The molecule has 1 unspecified atom stereocenters. The third-order valence-electron chi connectivity index (χ3n) is 4.81. The Morgan fingerprint density at radius 2 is 1.93 bits per heavy atom. The van der Waals surface area contributed by atoms with Crippen molar-refractivity contribution in [3.8, 4) is 11.5 Å². The van der Waals surface area contributed by atoms with Crippen LogP contribution in [0.1, 0.15) is 18.5 Å². The van der Waals surface area contributed by atoms with E-state index < -0.39 is 6.04 Å². The zero-order valence-corrected chi connectivity index (χ0v) is 18.1. The van der Waals surface area contributed by atoms with E-state index in [1.807, 2.05) is 37.3 Å². The van der Waals surface area contributed by atoms with Gasteiger partial charge in [0.25, 0.3) is 5.91 Å². The van der Waals surface area contributed by atoms with Crippen molar-refractivity contribution in [2.45, 2.75) is 13.0 Å². The number of carbonyl (C=O) groups excluding carboxylic acids is 1. The van der Waals surface area contributed by atoms with Gasteiger partial charge in [-0.15, -0.1) is 0 Å². The summed E-state index contributed by atoms with van der Waals surface area (Å²) in [4.78, 5) is 13.4. The van der Waals surface area contributed by atoms with Crippen molar-refractivity contribution in [2.75, 3.05) is 24.9 Å². The molecule has 3 aromatic rings. The van der Waals surface area contributed by atoms with Crippen molar-refractivity contribution >= 4 is 33.5 Å². The van der Waals surface area contributed by atoms with Gasteiger partial charge in [0, 0.05) is 5.70 Å². The molecule has 0 bridgehead atoms. The molecule has 0 aliphatic carbocycles. The molecule has 0 saturated carbocycles. The van der Waals surface area contributed by atoms with E-state index >= 15 is 0 Å². The fraction of sp³-hybridized carbons (Fsp3) is 0.200. The van der Waals surface area contributed by atoms with E-state index in [9.17, 15) is 4.79 Å². The maximum atomic E-state index is 13.4. The zero-order chi connectivity index (χ0) is 21.3. The molecule has 0 radical (unpaired) electrons. The van der Waals surface area contributed by atoms with Gasteiger partial charge in [0.05, 0.1) is 30.0 Å². The molecule has 0 saturated heterocycles. The van der Waals surface area contributed by atoms with Crippen LogP contribution < -0.4 is 20.1 Å². The van der Waals surface area contributed by atoms with Gasteiger partial charge in [0.15, 0.2) is 0 Å². The monoisotopic (exact) mass is 470 g/mol. The minimum atomic E-state index is -0.534. The summed E-state index contributed by atoms with van der Waals surface area (Å²) in [5, 5.41) is 17.9. The minimum absolute atomic E-state index is 0.289. The third-order valence-corrected chi connectivity index (χ3v) is 5.43. The number of hydrogen-bond acceptors (Lipinski definition) is 7. The number of benzene rings is 2. The summed E-state index contributed by atoms with van der Waals surface area (Å²) < 4.78 is 13.0. The summed E-state index contributed by atoms with van der Waals surface area (Å²) in [7, 11) is 3.16. The molecule has 1 atom stereocenters. The zero-order valence-electron chi connectivity index (χ0n) is 16.5. The van der Waals surface area contributed by atoms with Crippen LogP contribution >= 0.6 is 15.9 Å². The highest BCUT2D eigenvalue weighted by atomic mass is 79.9. The Morgan fingerprint density at radius 3 is 2.67 bits per heavy atom. The Balaban J connectivity index is 1.78. The number of halogens is 1. The molecule has 0 spiro atoms. The highest BCUT2D eigenvalue weighted by Crippen LogP contribution is 2.38. The van der Waals surface area contributed by atoms with E-state index in [2.05, 4.69) is 42.1 Å². The number of allylic oxidation sites excluding steroid dienone is 1. The topological polar surface area (TPSA) is 103 Å². The molecule has 2 aromatic carbocycles. The molecular weight excluding hydrogens is 452 g/mol. The van der Waals surface area contributed by atoms with Crippen molar-refractivity contribution < 1.29 is 14.3 Å². The number of carbonyl (C=O) groups is 1. The quantitative estimate of drug-likeness (QED) is 0.588. The lowest BCUT2D eigenvalue weighted by Gasteiger charge is -2.28. The molecule has 4 rings (SSSR count). The van der Waals surface area contributed by atoms with Crippen molar-refractivity contribution in [3.63, 3.8) is 0 Å². The number of nitrogens with zero attached hydrogens (tertiary/aromatic N) is 4. The lowest BCUT2D eigenvalue weighted by Crippen LogP contribution is -2.31. The van der Waals surface area contributed by atoms with Crippen molar-refractivity contribution in [3.05, 3.63) is 63.8 Å². The number of tetrazole rings is 1. The molecular formula is C20H19BrN6O3. The second kappa shape index (κ2) is 8.15. The van der Waals surface area contributed by atoms with Gasteiger partial charge in [-0.05, 0) is 63.1 Å². The summed E-state index contributed by atoms with van der Waals surface area (Å²) in [6.45, 7) is 1.82. The van der Waals surface area contributed by atoms with E-state index in [1.165, 1.54) is 0 Å². The number of rotatable bonds is 5. The van der Waals surface area contributed by atoms with Gasteiger partial charge >= 0.3 is 0 Å². The molecule has 1 amide bonds. The second-order valence-electron chi connectivity index (χ2n) is 6.56. The van der Waals surface area contributed by atoms with E-state index in [0.29, 0.717) is 34.4 Å². The predicted molar refractivity (Wildman–Crippen MR) is 115 cm³/mol. The van der Waals surface area contributed by atoms with Gasteiger partial charge in [0.2, 0.25) is 5.95 Å². The summed E-state index contributed by atoms with van der Waals surface area (Å²) in [6, 6.07) is 12.3. The number of aromatic nitrogens is 4. The Labute approximate surface area is 181 Å². The standard InChI is InChI=1S/C20H19BrN6O3/c1-11-17(19(28)23-14-6-4-5-7-16(14)30-3)18(27-20(22-11)24-25-26-27)12-8-9-15(29-2)13(21)10-12/h4-10,18H,1-3H3,(H,23,28)(H,22,24,26). The molecule has 2 N–H and O–H groups in total. The summed E-state index contributed by atoms with van der Waals surface area (Å²) >= 11 is 3.51. The van der Waals surface area contributed by atoms with Gasteiger partial charge in [0.1, 0.15) is 17.5 Å². The lowest BCUT2D eigenvalue weighted by atomic mass is 9.95. The van der Waals surface area contributed by atoms with Gasteiger partial charge in [-0.3, -0.25) is 4.79 Å². The number of para-hydroxylation sites is 2. The summed E-state index contributed by atoms with van der Waals surface area (Å²) in [6.07, 6.45) is 0. The number of fused-ring (bicyclic) bond motifs is 1. The van der Waals surface area contributed by atoms with Gasteiger partial charge in [-0.2, -0.15) is 4.68 Å². The van der Waals surface area contributed by atoms with Crippen LogP contribution in [0.15, 0.2) is 58.2 Å². The van der Waals surface area contributed by atoms with Crippen LogP contribution in [-0.4, -0.2) is 40.3 Å². The molecule has 9 nitrogen and oxygen atoms in total. The summed E-state index contributed by atoms with van der Waals surface area (Å²) in [5.74, 6) is 1.42. The van der Waals surface area contributed by atoms with Crippen LogP contribution in [0.5, 0.6) is 11.5 Å². The number of methoxy groups -OCH3 is 2. The average molecular weight is 471 g/mol. The maximum absolute atomic E-state index is 13.4. The number of ether oxygens (including phenoxy) is 2. The molecule has 154 valence electrons. The Kier molecular flexibility index (Phi) is 5.40. The summed E-state index contributed by atoms with van der Waals surface area (Å²) in [5.41, 5.74) is 2.53. The number of hydrogen-bond donors (Lipinski definition) is 2. The predicted octanol–water partition coefficient (Wildman–Crippen LogP) is 3.38. The second-order valence-corrected chi connectivity index (χ2v) is 7.42. The normalized spacial score (nSPS) is 15.3. The van der Waals surface area contributed by atoms with Crippen molar-refractivity contribution in [1.82, 2.24) is 20.2 Å². The Bertz CT molecular complexity index is 1140. The fourth-order valence-electron chi connectivity index (χ4n) is 3.40. The SMILES string of the molecule is COc1ccc(C2C(C(=O)Nc3ccccc3OC)=C(C)Nc3nnnn32)cc1Br.